The molecule has 0 aromatic heterocycles. The van der Waals surface area contributed by atoms with E-state index in [0.29, 0.717) is 10.7 Å². The second-order valence-corrected chi connectivity index (χ2v) is 4.55. The first-order valence-corrected chi connectivity index (χ1v) is 5.23. The van der Waals surface area contributed by atoms with E-state index in [1.54, 1.807) is 6.07 Å². The molecule has 0 radical (unpaired) electrons. The van der Waals surface area contributed by atoms with Crippen molar-refractivity contribution in [1.82, 2.24) is 0 Å². The van der Waals surface area contributed by atoms with E-state index in [2.05, 4.69) is 5.32 Å². The molecule has 1 rings (SSSR count). The van der Waals surface area contributed by atoms with Crippen LogP contribution in [0.4, 0.5) is 5.69 Å². The number of hydrogen-bond acceptors (Lipinski definition) is 3. The van der Waals surface area contributed by atoms with Crippen molar-refractivity contribution in [3.63, 3.8) is 0 Å². The van der Waals surface area contributed by atoms with Crippen molar-refractivity contribution < 1.29 is 14.7 Å². The topological polar surface area (TPSA) is 92.4 Å². The summed E-state index contributed by atoms with van der Waals surface area (Å²) in [7, 11) is 0. The summed E-state index contributed by atoms with van der Waals surface area (Å²) in [6.45, 7) is 2.96. The van der Waals surface area contributed by atoms with Gasteiger partial charge in [-0.15, -0.1) is 0 Å². The molecule has 6 heteroatoms. The van der Waals surface area contributed by atoms with Gasteiger partial charge in [-0.05, 0) is 32.0 Å². The van der Waals surface area contributed by atoms with Gasteiger partial charge in [0, 0.05) is 10.7 Å². The highest BCUT2D eigenvalue weighted by atomic mass is 35.5. The van der Waals surface area contributed by atoms with Gasteiger partial charge in [-0.25, -0.2) is 4.79 Å². The fourth-order valence-electron chi connectivity index (χ4n) is 1.22. The van der Waals surface area contributed by atoms with Crippen LogP contribution in [-0.4, -0.2) is 22.5 Å². The Balaban J connectivity index is 3.15. The summed E-state index contributed by atoms with van der Waals surface area (Å²) in [5.41, 5.74) is 4.48. The van der Waals surface area contributed by atoms with Gasteiger partial charge in [0.1, 0.15) is 5.54 Å². The first-order chi connectivity index (χ1) is 7.74. The van der Waals surface area contributed by atoms with Crippen molar-refractivity contribution in [3.8, 4) is 0 Å². The lowest BCUT2D eigenvalue weighted by atomic mass is 10.0. The number of nitrogens with one attached hydrogen (secondary N) is 1. The van der Waals surface area contributed by atoms with Gasteiger partial charge >= 0.3 is 5.97 Å². The molecule has 0 unspecified atom stereocenters. The number of primary amides is 1. The van der Waals surface area contributed by atoms with Gasteiger partial charge in [-0.3, -0.25) is 4.79 Å². The van der Waals surface area contributed by atoms with Crippen molar-refractivity contribution in [2.45, 2.75) is 19.4 Å². The zero-order valence-electron chi connectivity index (χ0n) is 9.45. The monoisotopic (exact) mass is 256 g/mol. The molecule has 1 amide bonds. The molecule has 0 aliphatic carbocycles. The molecule has 0 saturated carbocycles. The van der Waals surface area contributed by atoms with Crippen LogP contribution in [-0.2, 0) is 4.79 Å². The minimum absolute atomic E-state index is 0.159. The zero-order valence-corrected chi connectivity index (χ0v) is 10.2. The van der Waals surface area contributed by atoms with Gasteiger partial charge in [0.2, 0.25) is 0 Å². The highest BCUT2D eigenvalue weighted by Crippen LogP contribution is 2.23. The van der Waals surface area contributed by atoms with Crippen molar-refractivity contribution in [2.75, 3.05) is 5.32 Å². The number of carboxylic acid groups (broad SMARTS) is 1. The van der Waals surface area contributed by atoms with Gasteiger partial charge in [0.25, 0.3) is 5.91 Å². The second kappa shape index (κ2) is 4.63. The van der Waals surface area contributed by atoms with Crippen LogP contribution in [0.3, 0.4) is 0 Å². The molecule has 1 aromatic carbocycles. The zero-order chi connectivity index (χ0) is 13.2. The third-order valence-corrected chi connectivity index (χ3v) is 2.46. The van der Waals surface area contributed by atoms with Gasteiger partial charge in [0.15, 0.2) is 0 Å². The number of aliphatic carboxylic acids is 1. The summed E-state index contributed by atoms with van der Waals surface area (Å²) >= 11 is 5.74. The molecule has 4 N–H and O–H groups in total. The summed E-state index contributed by atoms with van der Waals surface area (Å²) in [4.78, 5) is 22.2. The molecule has 0 bridgehead atoms. The SMILES string of the molecule is CC(C)(Nc1ccc(Cl)cc1C(N)=O)C(=O)O. The van der Waals surface area contributed by atoms with Gasteiger partial charge in [0.05, 0.1) is 5.56 Å². The van der Waals surface area contributed by atoms with Gasteiger partial charge in [-0.2, -0.15) is 0 Å². The molecule has 0 atom stereocenters. The maximum atomic E-state index is 11.2. The number of nitrogens with two attached hydrogens (primary N) is 1. The third kappa shape index (κ3) is 3.10. The van der Waals surface area contributed by atoms with Gasteiger partial charge < -0.3 is 16.2 Å². The van der Waals surface area contributed by atoms with Crippen molar-refractivity contribution in [1.29, 1.82) is 0 Å². The lowest BCUT2D eigenvalue weighted by molar-refractivity contribution is -0.141. The predicted octanol–water partition coefficient (Wildman–Crippen LogP) is 1.71. The highest BCUT2D eigenvalue weighted by molar-refractivity contribution is 6.31. The third-order valence-electron chi connectivity index (χ3n) is 2.23. The average molecular weight is 257 g/mol. The molecule has 0 heterocycles. The summed E-state index contributed by atoms with van der Waals surface area (Å²) in [5.74, 6) is -1.71. The fourth-order valence-corrected chi connectivity index (χ4v) is 1.39. The lowest BCUT2D eigenvalue weighted by Gasteiger charge is -2.23. The van der Waals surface area contributed by atoms with E-state index in [9.17, 15) is 9.59 Å². The molecule has 0 saturated heterocycles. The predicted molar refractivity (Wildman–Crippen MR) is 65.3 cm³/mol. The van der Waals surface area contributed by atoms with Crippen LogP contribution in [0.25, 0.3) is 0 Å². The quantitative estimate of drug-likeness (QED) is 0.765. The van der Waals surface area contributed by atoms with E-state index in [0.717, 1.165) is 0 Å². The van der Waals surface area contributed by atoms with E-state index in [-0.39, 0.29) is 5.56 Å². The maximum absolute atomic E-state index is 11.2. The van der Waals surface area contributed by atoms with E-state index >= 15 is 0 Å². The summed E-state index contributed by atoms with van der Waals surface area (Å²) in [5, 5.41) is 12.1. The largest absolute Gasteiger partial charge is 0.480 e. The number of halogens is 1. The van der Waals surface area contributed by atoms with Crippen molar-refractivity contribution in [3.05, 3.63) is 28.8 Å². The minimum Gasteiger partial charge on any atom is -0.480 e. The summed E-state index contributed by atoms with van der Waals surface area (Å²) in [6, 6.07) is 4.46. The Labute approximate surface area is 104 Å². The summed E-state index contributed by atoms with van der Waals surface area (Å²) in [6.07, 6.45) is 0. The molecule has 17 heavy (non-hydrogen) atoms. The highest BCUT2D eigenvalue weighted by Gasteiger charge is 2.28. The summed E-state index contributed by atoms with van der Waals surface area (Å²) < 4.78 is 0. The normalized spacial score (nSPS) is 11.0. The smallest absolute Gasteiger partial charge is 0.328 e. The standard InChI is InChI=1S/C11H13ClN2O3/c1-11(2,10(16)17)14-8-4-3-6(12)5-7(8)9(13)15/h3-5,14H,1-2H3,(H2,13,15)(H,16,17). The Bertz CT molecular complexity index is 472. The first kappa shape index (κ1) is 13.3. The number of carbonyl (C=O) groups is 2. The number of hydrogen-bond donors (Lipinski definition) is 3. The number of benzene rings is 1. The molecule has 92 valence electrons. The Hall–Kier alpha value is -1.75. The molecule has 0 aliphatic heterocycles. The Morgan fingerprint density at radius 3 is 2.47 bits per heavy atom. The molecular weight excluding hydrogens is 244 g/mol. The molecule has 5 nitrogen and oxygen atoms in total. The van der Waals surface area contributed by atoms with Crippen LogP contribution >= 0.6 is 11.6 Å². The average Bonchev–Trinajstić information content (AvgIpc) is 2.19. The lowest BCUT2D eigenvalue weighted by Crippen LogP contribution is -2.40. The van der Waals surface area contributed by atoms with Crippen molar-refractivity contribution >= 4 is 29.2 Å². The van der Waals surface area contributed by atoms with Crippen molar-refractivity contribution in [2.24, 2.45) is 5.73 Å². The molecule has 0 fully saturated rings. The Morgan fingerprint density at radius 2 is 2.00 bits per heavy atom. The van der Waals surface area contributed by atoms with Crippen LogP contribution < -0.4 is 11.1 Å². The Morgan fingerprint density at radius 1 is 1.41 bits per heavy atom. The molecule has 0 spiro atoms. The van der Waals surface area contributed by atoms with Gasteiger partial charge in [-0.1, -0.05) is 11.6 Å². The first-order valence-electron chi connectivity index (χ1n) is 4.85. The Kier molecular flexibility index (Phi) is 3.63. The van der Waals surface area contributed by atoms with E-state index < -0.39 is 17.4 Å². The number of carboxylic acids is 1. The number of amides is 1. The van der Waals surface area contributed by atoms with Crippen LogP contribution in [0, 0.1) is 0 Å². The molecular formula is C11H13ClN2O3. The van der Waals surface area contributed by atoms with Crippen LogP contribution in [0.2, 0.25) is 5.02 Å². The van der Waals surface area contributed by atoms with Crippen LogP contribution in [0.5, 0.6) is 0 Å². The number of carbonyl (C=O) groups excluding carboxylic acids is 1. The minimum atomic E-state index is -1.21. The number of rotatable bonds is 4. The maximum Gasteiger partial charge on any atom is 0.328 e. The number of anilines is 1. The fraction of sp³-hybridized carbons (Fsp3) is 0.273. The molecule has 0 aliphatic rings. The van der Waals surface area contributed by atoms with E-state index in [1.807, 2.05) is 0 Å². The van der Waals surface area contributed by atoms with Crippen LogP contribution in [0.1, 0.15) is 24.2 Å². The van der Waals surface area contributed by atoms with E-state index in [1.165, 1.54) is 26.0 Å². The van der Waals surface area contributed by atoms with E-state index in [4.69, 9.17) is 22.4 Å². The second-order valence-electron chi connectivity index (χ2n) is 4.11. The van der Waals surface area contributed by atoms with Crippen LogP contribution in [0.15, 0.2) is 18.2 Å². The molecule has 1 aromatic rings.